The molecule has 28 heavy (non-hydrogen) atoms. The van der Waals surface area contributed by atoms with Gasteiger partial charge in [-0.15, -0.1) is 0 Å². The lowest BCUT2D eigenvalue weighted by molar-refractivity contribution is -0.103. The van der Waals surface area contributed by atoms with Crippen molar-refractivity contribution in [3.63, 3.8) is 0 Å². The Morgan fingerprint density at radius 2 is 1.96 bits per heavy atom. The van der Waals surface area contributed by atoms with Crippen LogP contribution in [-0.2, 0) is 6.54 Å². The number of carboxylic acid groups (broad SMARTS) is 1. The molecule has 0 radical (unpaired) electrons. The third kappa shape index (κ3) is 3.58. The standard InChI is InChI=1S/C21H29N3O4/c1-13-5-6-16(19(25)26)10-18(13)24-14(2)9-17(15(24)3)11-23-8-7-21(12-23,22-4)20(27)28/h5-6,9-10,20,22,27-28H,7-8,11-12H2,1-4H3,(H,25,26). The monoisotopic (exact) mass is 387 g/mol. The highest BCUT2D eigenvalue weighted by Gasteiger charge is 2.42. The summed E-state index contributed by atoms with van der Waals surface area (Å²) in [5.41, 5.74) is 4.71. The number of nitrogens with zero attached hydrogens (tertiary/aromatic N) is 2. The molecule has 3 rings (SSSR count). The number of aryl methyl sites for hydroxylation is 2. The van der Waals surface area contributed by atoms with Gasteiger partial charge in [-0.2, -0.15) is 0 Å². The Labute approximate surface area is 165 Å². The highest BCUT2D eigenvalue weighted by atomic mass is 16.5. The Morgan fingerprint density at radius 3 is 2.54 bits per heavy atom. The Hall–Kier alpha value is -2.19. The van der Waals surface area contributed by atoms with Crippen LogP contribution in [0.2, 0.25) is 0 Å². The number of rotatable bonds is 6. The van der Waals surface area contributed by atoms with Crippen molar-refractivity contribution in [3.05, 3.63) is 52.3 Å². The topological polar surface area (TPSA) is 98.0 Å². The van der Waals surface area contributed by atoms with Crippen molar-refractivity contribution < 1.29 is 20.1 Å². The Morgan fingerprint density at radius 1 is 1.25 bits per heavy atom. The maximum atomic E-state index is 11.4. The molecular weight excluding hydrogens is 358 g/mol. The number of aliphatic hydroxyl groups excluding tert-OH is 1. The second-order valence-corrected chi connectivity index (χ2v) is 7.78. The van der Waals surface area contributed by atoms with Gasteiger partial charge in [0, 0.05) is 36.7 Å². The van der Waals surface area contributed by atoms with E-state index in [0.717, 1.165) is 34.7 Å². The molecule has 1 atom stereocenters. The SMILES string of the molecule is CNC1(C(O)O)CCN(Cc2cc(C)n(-c3cc(C(=O)O)ccc3C)c2C)C1. The maximum absolute atomic E-state index is 11.4. The van der Waals surface area contributed by atoms with Crippen LogP contribution in [0.25, 0.3) is 5.69 Å². The first-order valence-corrected chi connectivity index (χ1v) is 9.48. The molecule has 0 amide bonds. The minimum atomic E-state index is -1.41. The molecule has 1 unspecified atom stereocenters. The van der Waals surface area contributed by atoms with Crippen molar-refractivity contribution in [1.29, 1.82) is 0 Å². The molecule has 152 valence electrons. The van der Waals surface area contributed by atoms with E-state index in [-0.39, 0.29) is 5.56 Å². The number of aromatic nitrogens is 1. The van der Waals surface area contributed by atoms with Gasteiger partial charge in [0.05, 0.1) is 11.1 Å². The Balaban J connectivity index is 1.90. The first kappa shape index (κ1) is 20.5. The molecule has 1 saturated heterocycles. The molecule has 7 heteroatoms. The lowest BCUT2D eigenvalue weighted by Crippen LogP contribution is -2.54. The maximum Gasteiger partial charge on any atom is 0.335 e. The zero-order valence-corrected chi connectivity index (χ0v) is 16.9. The van der Waals surface area contributed by atoms with Gasteiger partial charge in [0.1, 0.15) is 0 Å². The molecule has 0 spiro atoms. The van der Waals surface area contributed by atoms with Gasteiger partial charge >= 0.3 is 5.97 Å². The van der Waals surface area contributed by atoms with Crippen molar-refractivity contribution >= 4 is 5.97 Å². The molecule has 1 aromatic carbocycles. The summed E-state index contributed by atoms with van der Waals surface area (Å²) in [6.45, 7) is 8.06. The van der Waals surface area contributed by atoms with E-state index in [1.165, 1.54) is 0 Å². The predicted octanol–water partition coefficient (Wildman–Crippen LogP) is 1.58. The van der Waals surface area contributed by atoms with Crippen LogP contribution in [0.15, 0.2) is 24.3 Å². The van der Waals surface area contributed by atoms with E-state index in [1.54, 1.807) is 19.2 Å². The van der Waals surface area contributed by atoms with Gasteiger partial charge in [-0.05, 0) is 63.6 Å². The van der Waals surface area contributed by atoms with Crippen molar-refractivity contribution in [2.75, 3.05) is 20.1 Å². The fourth-order valence-corrected chi connectivity index (χ4v) is 4.18. The predicted molar refractivity (Wildman–Crippen MR) is 107 cm³/mol. The smallest absolute Gasteiger partial charge is 0.335 e. The number of likely N-dealkylation sites (N-methyl/N-ethyl adjacent to an activating group) is 1. The summed E-state index contributed by atoms with van der Waals surface area (Å²) in [6.07, 6.45) is -0.740. The molecule has 0 saturated carbocycles. The van der Waals surface area contributed by atoms with E-state index in [9.17, 15) is 20.1 Å². The van der Waals surface area contributed by atoms with E-state index < -0.39 is 17.8 Å². The van der Waals surface area contributed by atoms with Gasteiger partial charge in [0.25, 0.3) is 0 Å². The van der Waals surface area contributed by atoms with Crippen molar-refractivity contribution in [2.45, 2.75) is 45.6 Å². The Bertz CT molecular complexity index is 890. The molecule has 1 aromatic heterocycles. The third-order valence-electron chi connectivity index (χ3n) is 6.00. The largest absolute Gasteiger partial charge is 0.478 e. The van der Waals surface area contributed by atoms with Crippen LogP contribution in [0.1, 0.15) is 39.3 Å². The highest BCUT2D eigenvalue weighted by molar-refractivity contribution is 5.88. The van der Waals surface area contributed by atoms with Gasteiger partial charge in [-0.1, -0.05) is 6.07 Å². The minimum absolute atomic E-state index is 0.268. The number of likely N-dealkylation sites (tertiary alicyclic amines) is 1. The zero-order valence-electron chi connectivity index (χ0n) is 16.9. The number of aromatic carboxylic acids is 1. The molecule has 1 aliphatic heterocycles. The quantitative estimate of drug-likeness (QED) is 0.562. The summed E-state index contributed by atoms with van der Waals surface area (Å²) >= 11 is 0. The summed E-state index contributed by atoms with van der Waals surface area (Å²) in [5.74, 6) is -0.938. The second-order valence-electron chi connectivity index (χ2n) is 7.78. The van der Waals surface area contributed by atoms with Gasteiger partial charge in [-0.25, -0.2) is 4.79 Å². The summed E-state index contributed by atoms with van der Waals surface area (Å²) in [4.78, 5) is 13.6. The molecular formula is C21H29N3O4. The van der Waals surface area contributed by atoms with E-state index in [4.69, 9.17) is 0 Å². The number of benzene rings is 1. The molecule has 7 nitrogen and oxygen atoms in total. The fraction of sp³-hybridized carbons (Fsp3) is 0.476. The van der Waals surface area contributed by atoms with Crippen LogP contribution in [0.3, 0.4) is 0 Å². The van der Waals surface area contributed by atoms with Crippen LogP contribution in [0.4, 0.5) is 0 Å². The second kappa shape index (κ2) is 7.67. The first-order chi connectivity index (χ1) is 13.2. The van der Waals surface area contributed by atoms with E-state index in [1.807, 2.05) is 26.8 Å². The summed E-state index contributed by atoms with van der Waals surface area (Å²) in [7, 11) is 1.76. The van der Waals surface area contributed by atoms with E-state index in [0.29, 0.717) is 19.5 Å². The van der Waals surface area contributed by atoms with Crippen molar-refractivity contribution in [1.82, 2.24) is 14.8 Å². The van der Waals surface area contributed by atoms with Gasteiger partial charge in [0.2, 0.25) is 0 Å². The fourth-order valence-electron chi connectivity index (χ4n) is 4.18. The lowest BCUT2D eigenvalue weighted by atomic mass is 9.98. The highest BCUT2D eigenvalue weighted by Crippen LogP contribution is 2.29. The molecule has 2 aromatic rings. The number of hydrogen-bond donors (Lipinski definition) is 4. The van der Waals surface area contributed by atoms with Gasteiger partial charge in [-0.3, -0.25) is 4.90 Å². The molecule has 4 N–H and O–H groups in total. The van der Waals surface area contributed by atoms with Crippen LogP contribution >= 0.6 is 0 Å². The number of nitrogens with one attached hydrogen (secondary N) is 1. The molecule has 1 fully saturated rings. The summed E-state index contributed by atoms with van der Waals surface area (Å²) < 4.78 is 2.10. The average Bonchev–Trinajstić information content (AvgIpc) is 3.18. The zero-order chi connectivity index (χ0) is 20.6. The van der Waals surface area contributed by atoms with Gasteiger partial charge < -0.3 is 25.2 Å². The van der Waals surface area contributed by atoms with Crippen molar-refractivity contribution in [3.8, 4) is 5.69 Å². The van der Waals surface area contributed by atoms with Gasteiger partial charge in [0.15, 0.2) is 6.29 Å². The summed E-state index contributed by atoms with van der Waals surface area (Å²) in [5, 5.41) is 31.9. The van der Waals surface area contributed by atoms with Crippen LogP contribution in [0.5, 0.6) is 0 Å². The lowest BCUT2D eigenvalue weighted by Gasteiger charge is -2.30. The average molecular weight is 387 g/mol. The molecule has 0 aliphatic carbocycles. The van der Waals surface area contributed by atoms with Crippen molar-refractivity contribution in [2.24, 2.45) is 0 Å². The number of carbonyl (C=O) groups is 1. The van der Waals surface area contributed by atoms with Crippen LogP contribution in [0, 0.1) is 20.8 Å². The number of aliphatic hydroxyl groups is 2. The molecule has 0 bridgehead atoms. The van der Waals surface area contributed by atoms with E-state index >= 15 is 0 Å². The number of carboxylic acids is 1. The normalized spacial score (nSPS) is 20.2. The molecule has 1 aliphatic rings. The summed E-state index contributed by atoms with van der Waals surface area (Å²) in [6, 6.07) is 7.29. The minimum Gasteiger partial charge on any atom is -0.478 e. The van der Waals surface area contributed by atoms with E-state index in [2.05, 4.69) is 20.9 Å². The Kier molecular flexibility index (Phi) is 5.63. The van der Waals surface area contributed by atoms with Crippen LogP contribution < -0.4 is 5.32 Å². The first-order valence-electron chi connectivity index (χ1n) is 9.48. The molecule has 2 heterocycles. The third-order valence-corrected chi connectivity index (χ3v) is 6.00. The van der Waals surface area contributed by atoms with Crippen LogP contribution in [-0.4, -0.2) is 62.7 Å². The number of hydrogen-bond acceptors (Lipinski definition) is 5.